The van der Waals surface area contributed by atoms with Crippen LogP contribution in [-0.2, 0) is 10.2 Å². The summed E-state index contributed by atoms with van der Waals surface area (Å²) in [5.41, 5.74) is 1.14. The Labute approximate surface area is 135 Å². The van der Waals surface area contributed by atoms with Gasteiger partial charge in [0.1, 0.15) is 0 Å². The number of amides is 1. The topological polar surface area (TPSA) is 41.1 Å². The number of benzene rings is 1. The van der Waals surface area contributed by atoms with Crippen LogP contribution in [0, 0.1) is 5.41 Å². The normalized spacial score (nSPS) is 22.6. The Morgan fingerprint density at radius 2 is 1.81 bits per heavy atom. The molecule has 2 N–H and O–H groups in total. The maximum atomic E-state index is 12.7. The van der Waals surface area contributed by atoms with Crippen molar-refractivity contribution in [2.75, 3.05) is 19.6 Å². The third-order valence-corrected chi connectivity index (χ3v) is 5.60. The Balaban J connectivity index is 1.63. The molecular weight excluding hydrogens is 328 g/mol. The van der Waals surface area contributed by atoms with E-state index in [-0.39, 0.29) is 16.7 Å². The Morgan fingerprint density at radius 1 is 1.19 bits per heavy atom. The van der Waals surface area contributed by atoms with E-state index < -0.39 is 0 Å². The number of piperidine rings is 1. The molecule has 1 amide bonds. The molecule has 0 spiro atoms. The number of hydrogen-bond acceptors (Lipinski definition) is 2. The van der Waals surface area contributed by atoms with Gasteiger partial charge in [-0.1, -0.05) is 35.0 Å². The molecule has 1 aromatic carbocycles. The van der Waals surface area contributed by atoms with Crippen LogP contribution in [-0.4, -0.2) is 25.5 Å². The van der Waals surface area contributed by atoms with Crippen molar-refractivity contribution >= 4 is 21.8 Å². The predicted molar refractivity (Wildman–Crippen MR) is 88.3 cm³/mol. The van der Waals surface area contributed by atoms with E-state index >= 15 is 0 Å². The zero-order valence-electron chi connectivity index (χ0n) is 12.5. The van der Waals surface area contributed by atoms with Crippen molar-refractivity contribution in [1.82, 2.24) is 10.6 Å². The van der Waals surface area contributed by atoms with Gasteiger partial charge >= 0.3 is 0 Å². The number of halogens is 1. The first-order valence-electron chi connectivity index (χ1n) is 7.79. The van der Waals surface area contributed by atoms with E-state index in [1.54, 1.807) is 0 Å². The van der Waals surface area contributed by atoms with Gasteiger partial charge in [-0.25, -0.2) is 0 Å². The van der Waals surface area contributed by atoms with Gasteiger partial charge in [0.2, 0.25) is 5.91 Å². The Morgan fingerprint density at radius 3 is 2.38 bits per heavy atom. The fraction of sp³-hybridized carbons (Fsp3) is 0.588. The molecule has 114 valence electrons. The number of carbonyl (C=O) groups excluding carboxylic acids is 1. The van der Waals surface area contributed by atoms with Gasteiger partial charge in [0.05, 0.1) is 5.41 Å². The maximum Gasteiger partial charge on any atom is 0.230 e. The van der Waals surface area contributed by atoms with Crippen molar-refractivity contribution < 1.29 is 4.79 Å². The van der Waals surface area contributed by atoms with E-state index in [4.69, 9.17) is 0 Å². The second kappa shape index (κ2) is 5.73. The first kappa shape index (κ1) is 15.0. The largest absolute Gasteiger partial charge is 0.355 e. The second-order valence-electron chi connectivity index (χ2n) is 6.83. The van der Waals surface area contributed by atoms with Gasteiger partial charge in [-0.05, 0) is 61.9 Å². The zero-order chi connectivity index (χ0) is 14.9. The van der Waals surface area contributed by atoms with Crippen LogP contribution in [0.4, 0.5) is 0 Å². The first-order chi connectivity index (χ1) is 10.0. The molecule has 21 heavy (non-hydrogen) atoms. The molecular formula is C17H23BrN2O. The second-order valence-corrected chi connectivity index (χ2v) is 7.75. The van der Waals surface area contributed by atoms with Crippen LogP contribution >= 0.6 is 15.9 Å². The van der Waals surface area contributed by atoms with E-state index in [0.717, 1.165) is 55.4 Å². The maximum absolute atomic E-state index is 12.7. The third kappa shape index (κ3) is 3.16. The summed E-state index contributed by atoms with van der Waals surface area (Å²) in [6.07, 6.45) is 4.22. The molecule has 1 aliphatic carbocycles. The molecule has 0 radical (unpaired) electrons. The summed E-state index contributed by atoms with van der Waals surface area (Å²) in [6, 6.07) is 8.19. The number of carbonyl (C=O) groups is 1. The molecule has 0 bridgehead atoms. The van der Waals surface area contributed by atoms with Gasteiger partial charge in [0.25, 0.3) is 0 Å². The molecule has 1 aromatic rings. The number of nitrogens with one attached hydrogen (secondary N) is 2. The standard InChI is InChI=1S/C17H23BrN2O/c1-16(8-10-19-11-9-16)12-20-15(21)17(6-7-17)13-2-4-14(18)5-3-13/h2-5,19H,6-12H2,1H3,(H,20,21). The van der Waals surface area contributed by atoms with Crippen molar-refractivity contribution in [3.63, 3.8) is 0 Å². The number of rotatable bonds is 4. The van der Waals surface area contributed by atoms with Gasteiger partial charge in [-0.2, -0.15) is 0 Å². The highest BCUT2D eigenvalue weighted by Crippen LogP contribution is 2.48. The smallest absolute Gasteiger partial charge is 0.230 e. The van der Waals surface area contributed by atoms with Crippen LogP contribution < -0.4 is 10.6 Å². The van der Waals surface area contributed by atoms with Crippen LogP contribution in [0.5, 0.6) is 0 Å². The van der Waals surface area contributed by atoms with Gasteiger partial charge in [0.15, 0.2) is 0 Å². The van der Waals surface area contributed by atoms with Gasteiger partial charge in [0, 0.05) is 11.0 Å². The molecule has 1 aliphatic heterocycles. The highest BCUT2D eigenvalue weighted by atomic mass is 79.9. The molecule has 2 aliphatic rings. The SMILES string of the molecule is CC1(CNC(=O)C2(c3ccc(Br)cc3)CC2)CCNCC1. The van der Waals surface area contributed by atoms with E-state index in [1.807, 2.05) is 12.1 Å². The molecule has 2 fully saturated rings. The predicted octanol–water partition coefficient (Wildman–Crippen LogP) is 2.99. The van der Waals surface area contributed by atoms with E-state index in [9.17, 15) is 4.79 Å². The van der Waals surface area contributed by atoms with Gasteiger partial charge in [-0.3, -0.25) is 4.79 Å². The van der Waals surface area contributed by atoms with Crippen LogP contribution in [0.25, 0.3) is 0 Å². The molecule has 4 heteroatoms. The van der Waals surface area contributed by atoms with Crippen molar-refractivity contribution in [2.45, 2.75) is 38.0 Å². The summed E-state index contributed by atoms with van der Waals surface area (Å²) in [5.74, 6) is 0.213. The monoisotopic (exact) mass is 350 g/mol. The van der Waals surface area contributed by atoms with Crippen molar-refractivity contribution in [2.24, 2.45) is 5.41 Å². The Bertz CT molecular complexity index is 516. The first-order valence-corrected chi connectivity index (χ1v) is 8.59. The van der Waals surface area contributed by atoms with Crippen LogP contribution in [0.15, 0.2) is 28.7 Å². The highest BCUT2D eigenvalue weighted by molar-refractivity contribution is 9.10. The Hall–Kier alpha value is -0.870. The van der Waals surface area contributed by atoms with E-state index in [2.05, 4.69) is 45.6 Å². The quantitative estimate of drug-likeness (QED) is 0.876. The van der Waals surface area contributed by atoms with Crippen LogP contribution in [0.3, 0.4) is 0 Å². The fourth-order valence-electron chi connectivity index (χ4n) is 3.21. The Kier molecular flexibility index (Phi) is 4.10. The minimum atomic E-state index is -0.260. The molecule has 0 atom stereocenters. The summed E-state index contributed by atoms with van der Waals surface area (Å²) >= 11 is 3.45. The lowest BCUT2D eigenvalue weighted by Crippen LogP contribution is -2.45. The lowest BCUT2D eigenvalue weighted by atomic mass is 9.81. The molecule has 0 unspecified atom stereocenters. The summed E-state index contributed by atoms with van der Waals surface area (Å²) in [6.45, 7) is 5.20. The number of hydrogen-bond donors (Lipinski definition) is 2. The fourth-order valence-corrected chi connectivity index (χ4v) is 3.48. The third-order valence-electron chi connectivity index (χ3n) is 5.07. The van der Waals surface area contributed by atoms with Crippen molar-refractivity contribution in [3.05, 3.63) is 34.3 Å². The minimum absolute atomic E-state index is 0.213. The summed E-state index contributed by atoms with van der Waals surface area (Å²) in [4.78, 5) is 12.7. The molecule has 1 saturated heterocycles. The summed E-state index contributed by atoms with van der Waals surface area (Å²) < 4.78 is 1.06. The minimum Gasteiger partial charge on any atom is -0.355 e. The lowest BCUT2D eigenvalue weighted by molar-refractivity contribution is -0.124. The zero-order valence-corrected chi connectivity index (χ0v) is 14.1. The van der Waals surface area contributed by atoms with E-state index in [1.165, 1.54) is 0 Å². The van der Waals surface area contributed by atoms with Crippen molar-refractivity contribution in [3.8, 4) is 0 Å². The molecule has 1 heterocycles. The van der Waals surface area contributed by atoms with Crippen LogP contribution in [0.2, 0.25) is 0 Å². The molecule has 3 nitrogen and oxygen atoms in total. The lowest BCUT2D eigenvalue weighted by Gasteiger charge is -2.34. The molecule has 3 rings (SSSR count). The summed E-state index contributed by atoms with van der Waals surface area (Å²) in [5, 5.41) is 6.61. The molecule has 1 saturated carbocycles. The van der Waals surface area contributed by atoms with E-state index in [0.29, 0.717) is 0 Å². The van der Waals surface area contributed by atoms with Gasteiger partial charge in [-0.15, -0.1) is 0 Å². The highest BCUT2D eigenvalue weighted by Gasteiger charge is 2.51. The summed E-state index contributed by atoms with van der Waals surface area (Å²) in [7, 11) is 0. The van der Waals surface area contributed by atoms with Gasteiger partial charge < -0.3 is 10.6 Å². The molecule has 0 aromatic heterocycles. The average Bonchev–Trinajstić information content (AvgIpc) is 3.28. The van der Waals surface area contributed by atoms with Crippen molar-refractivity contribution in [1.29, 1.82) is 0 Å². The average molecular weight is 351 g/mol. The van der Waals surface area contributed by atoms with Crippen LogP contribution in [0.1, 0.15) is 38.2 Å².